The summed E-state index contributed by atoms with van der Waals surface area (Å²) < 4.78 is 1.59. The molecule has 2 aromatic rings. The lowest BCUT2D eigenvalue weighted by Crippen LogP contribution is -2.42. The van der Waals surface area contributed by atoms with E-state index in [0.29, 0.717) is 35.1 Å². The Balaban J connectivity index is 1.86. The van der Waals surface area contributed by atoms with Crippen LogP contribution in [0.25, 0.3) is 5.69 Å². The number of hydrogen-bond donors (Lipinski definition) is 1. The normalized spacial score (nSPS) is 17.6. The van der Waals surface area contributed by atoms with Crippen LogP contribution >= 0.6 is 23.2 Å². The van der Waals surface area contributed by atoms with Gasteiger partial charge in [-0.2, -0.15) is 5.10 Å². The van der Waals surface area contributed by atoms with Crippen LogP contribution in [0.1, 0.15) is 29.0 Å². The molecule has 0 spiro atoms. The van der Waals surface area contributed by atoms with Crippen molar-refractivity contribution in [2.24, 2.45) is 5.92 Å². The predicted molar refractivity (Wildman–Crippen MR) is 94.6 cm³/mol. The molecule has 2 heterocycles. The summed E-state index contributed by atoms with van der Waals surface area (Å²) >= 11 is 12.1. The van der Waals surface area contributed by atoms with Crippen LogP contribution < -0.4 is 0 Å². The van der Waals surface area contributed by atoms with E-state index in [1.807, 2.05) is 6.92 Å². The molecule has 0 aliphatic carbocycles. The summed E-state index contributed by atoms with van der Waals surface area (Å²) in [6.07, 6.45) is 1.26. The smallest absolute Gasteiger partial charge is 0.308 e. The molecular weight excluding hydrogens is 365 g/mol. The van der Waals surface area contributed by atoms with Crippen LogP contribution in [0, 0.1) is 12.8 Å². The second kappa shape index (κ2) is 7.06. The Morgan fingerprint density at radius 3 is 2.72 bits per heavy atom. The average Bonchev–Trinajstić information content (AvgIpc) is 2.96. The lowest BCUT2D eigenvalue weighted by molar-refractivity contribution is -0.143. The molecule has 1 aliphatic rings. The van der Waals surface area contributed by atoms with Gasteiger partial charge in [0, 0.05) is 23.8 Å². The summed E-state index contributed by atoms with van der Waals surface area (Å²) in [6, 6.07) is 6.73. The number of carboxylic acid groups (broad SMARTS) is 1. The number of aryl methyl sites for hydroxylation is 1. The molecule has 0 radical (unpaired) electrons. The minimum atomic E-state index is -0.868. The highest BCUT2D eigenvalue weighted by atomic mass is 35.5. The van der Waals surface area contributed by atoms with E-state index in [9.17, 15) is 14.7 Å². The molecule has 3 rings (SSSR count). The largest absolute Gasteiger partial charge is 0.481 e. The van der Waals surface area contributed by atoms with E-state index in [1.165, 1.54) is 0 Å². The van der Waals surface area contributed by atoms with E-state index in [2.05, 4.69) is 5.10 Å². The fourth-order valence-electron chi connectivity index (χ4n) is 3.00. The molecule has 1 atom stereocenters. The topological polar surface area (TPSA) is 75.4 Å². The summed E-state index contributed by atoms with van der Waals surface area (Å²) in [7, 11) is 0. The third-order valence-electron chi connectivity index (χ3n) is 4.30. The van der Waals surface area contributed by atoms with Crippen LogP contribution in [0.3, 0.4) is 0 Å². The van der Waals surface area contributed by atoms with Crippen molar-refractivity contribution in [3.05, 3.63) is 45.7 Å². The van der Waals surface area contributed by atoms with Crippen molar-refractivity contribution in [2.45, 2.75) is 19.8 Å². The first kappa shape index (κ1) is 17.8. The average molecular weight is 382 g/mol. The van der Waals surface area contributed by atoms with E-state index in [0.717, 1.165) is 5.69 Å². The Kier molecular flexibility index (Phi) is 5.01. The minimum absolute atomic E-state index is 0.210. The van der Waals surface area contributed by atoms with E-state index < -0.39 is 11.9 Å². The number of rotatable bonds is 3. The number of aromatic nitrogens is 2. The molecular formula is C17H17Cl2N3O3. The van der Waals surface area contributed by atoms with Crippen LogP contribution in [0.5, 0.6) is 0 Å². The van der Waals surface area contributed by atoms with Gasteiger partial charge in [-0.05, 0) is 44.0 Å². The summed E-state index contributed by atoms with van der Waals surface area (Å²) in [5, 5.41) is 14.5. The van der Waals surface area contributed by atoms with Crippen LogP contribution in [-0.4, -0.2) is 44.8 Å². The van der Waals surface area contributed by atoms with Gasteiger partial charge < -0.3 is 10.0 Å². The molecule has 8 heteroatoms. The summed E-state index contributed by atoms with van der Waals surface area (Å²) in [6.45, 7) is 2.57. The summed E-state index contributed by atoms with van der Waals surface area (Å²) in [4.78, 5) is 25.4. The minimum Gasteiger partial charge on any atom is -0.481 e. The molecule has 1 aliphatic heterocycles. The van der Waals surface area contributed by atoms with Gasteiger partial charge in [0.15, 0.2) is 5.69 Å². The maximum atomic E-state index is 12.7. The lowest BCUT2D eigenvalue weighted by atomic mass is 9.98. The van der Waals surface area contributed by atoms with Gasteiger partial charge in [-0.1, -0.05) is 23.2 Å². The zero-order chi connectivity index (χ0) is 18.1. The number of carboxylic acids is 1. The number of amides is 1. The highest BCUT2D eigenvalue weighted by Gasteiger charge is 2.30. The van der Waals surface area contributed by atoms with Crippen molar-refractivity contribution in [1.82, 2.24) is 14.7 Å². The zero-order valence-electron chi connectivity index (χ0n) is 13.6. The number of halogens is 2. The molecule has 0 bridgehead atoms. The van der Waals surface area contributed by atoms with Crippen LogP contribution in [0.2, 0.25) is 10.0 Å². The lowest BCUT2D eigenvalue weighted by Gasteiger charge is -2.30. The first-order chi connectivity index (χ1) is 11.9. The van der Waals surface area contributed by atoms with Crippen LogP contribution in [0.15, 0.2) is 24.3 Å². The molecule has 1 aromatic heterocycles. The van der Waals surface area contributed by atoms with Gasteiger partial charge >= 0.3 is 5.97 Å². The Labute approximate surface area is 154 Å². The number of aliphatic carboxylic acids is 1. The van der Waals surface area contributed by atoms with Gasteiger partial charge in [-0.25, -0.2) is 4.68 Å². The number of carbonyl (C=O) groups excluding carboxylic acids is 1. The summed E-state index contributed by atoms with van der Waals surface area (Å²) in [5.74, 6) is -1.66. The monoisotopic (exact) mass is 381 g/mol. The molecule has 1 saturated heterocycles. The Morgan fingerprint density at radius 2 is 2.04 bits per heavy atom. The quantitative estimate of drug-likeness (QED) is 0.883. The molecule has 1 amide bonds. The van der Waals surface area contributed by atoms with Gasteiger partial charge in [0.1, 0.15) is 0 Å². The molecule has 1 unspecified atom stereocenters. The van der Waals surface area contributed by atoms with Crippen LogP contribution in [-0.2, 0) is 4.79 Å². The van der Waals surface area contributed by atoms with Crippen molar-refractivity contribution < 1.29 is 14.7 Å². The van der Waals surface area contributed by atoms with Gasteiger partial charge in [-0.3, -0.25) is 9.59 Å². The molecule has 0 saturated carbocycles. The van der Waals surface area contributed by atoms with Crippen molar-refractivity contribution >= 4 is 35.1 Å². The molecule has 132 valence electrons. The number of hydrogen-bond acceptors (Lipinski definition) is 3. The van der Waals surface area contributed by atoms with Gasteiger partial charge in [0.25, 0.3) is 5.91 Å². The second-order valence-electron chi connectivity index (χ2n) is 6.11. The number of likely N-dealkylation sites (tertiary alicyclic amines) is 1. The Hall–Kier alpha value is -2.05. The van der Waals surface area contributed by atoms with Gasteiger partial charge in [-0.15, -0.1) is 0 Å². The van der Waals surface area contributed by atoms with Gasteiger partial charge in [0.2, 0.25) is 0 Å². The fraction of sp³-hybridized carbons (Fsp3) is 0.353. The second-order valence-corrected chi connectivity index (χ2v) is 6.95. The van der Waals surface area contributed by atoms with E-state index in [1.54, 1.807) is 33.8 Å². The van der Waals surface area contributed by atoms with Crippen molar-refractivity contribution in [3.8, 4) is 5.69 Å². The highest BCUT2D eigenvalue weighted by molar-refractivity contribution is 6.35. The number of carbonyl (C=O) groups is 2. The standard InChI is InChI=1S/C17H17Cl2N3O3/c1-10-7-14(16(23)21-6-2-3-11(9-21)17(24)25)20-22(10)15-5-4-12(18)8-13(15)19/h4-5,7-8,11H,2-3,6,9H2,1H3,(H,24,25). The number of benzene rings is 1. The molecule has 1 N–H and O–H groups in total. The fourth-order valence-corrected chi connectivity index (χ4v) is 3.49. The van der Waals surface area contributed by atoms with E-state index in [4.69, 9.17) is 23.2 Å². The SMILES string of the molecule is Cc1cc(C(=O)N2CCCC(C(=O)O)C2)nn1-c1ccc(Cl)cc1Cl. The van der Waals surface area contributed by atoms with Crippen molar-refractivity contribution in [2.75, 3.05) is 13.1 Å². The van der Waals surface area contributed by atoms with Crippen LogP contribution in [0.4, 0.5) is 0 Å². The first-order valence-corrected chi connectivity index (χ1v) is 8.66. The highest BCUT2D eigenvalue weighted by Crippen LogP contribution is 2.26. The van der Waals surface area contributed by atoms with Crippen molar-refractivity contribution in [1.29, 1.82) is 0 Å². The Morgan fingerprint density at radius 1 is 1.28 bits per heavy atom. The summed E-state index contributed by atoms with van der Waals surface area (Å²) in [5.41, 5.74) is 1.65. The van der Waals surface area contributed by atoms with E-state index in [-0.39, 0.29) is 18.1 Å². The maximum Gasteiger partial charge on any atom is 0.308 e. The zero-order valence-corrected chi connectivity index (χ0v) is 15.1. The molecule has 25 heavy (non-hydrogen) atoms. The van der Waals surface area contributed by atoms with Gasteiger partial charge in [0.05, 0.1) is 16.6 Å². The third-order valence-corrected chi connectivity index (χ3v) is 4.84. The molecule has 6 nitrogen and oxygen atoms in total. The first-order valence-electron chi connectivity index (χ1n) is 7.91. The number of piperidine rings is 1. The third kappa shape index (κ3) is 3.65. The number of nitrogens with zero attached hydrogens (tertiary/aromatic N) is 3. The Bertz CT molecular complexity index is 835. The maximum absolute atomic E-state index is 12.7. The molecule has 1 fully saturated rings. The van der Waals surface area contributed by atoms with Crippen molar-refractivity contribution in [3.63, 3.8) is 0 Å². The predicted octanol–water partition coefficient (Wildman–Crippen LogP) is 3.42. The van der Waals surface area contributed by atoms with E-state index >= 15 is 0 Å². The molecule has 1 aromatic carbocycles.